The molecule has 22 heavy (non-hydrogen) atoms. The van der Waals surface area contributed by atoms with Gasteiger partial charge in [-0.1, -0.05) is 0 Å². The van der Waals surface area contributed by atoms with E-state index in [1.54, 1.807) is 0 Å². The molecule has 1 aliphatic heterocycles. The van der Waals surface area contributed by atoms with Crippen LogP contribution in [0, 0.1) is 0 Å². The maximum Gasteiger partial charge on any atom is 0.406 e. The average molecular weight is 340 g/mol. The van der Waals surface area contributed by atoms with Gasteiger partial charge in [0.15, 0.2) is 0 Å². The van der Waals surface area contributed by atoms with Gasteiger partial charge in [-0.3, -0.25) is 9.48 Å². The topological polar surface area (TPSA) is 84.3 Å². The molecule has 0 aliphatic carbocycles. The molecule has 1 aromatic heterocycles. The number of hydrogen-bond donors (Lipinski definition) is 1. The molecule has 1 aromatic rings. The lowest BCUT2D eigenvalue weighted by molar-refractivity contribution is -0.164. The van der Waals surface area contributed by atoms with E-state index in [1.807, 2.05) is 0 Å². The number of rotatable bonds is 4. The second kappa shape index (κ2) is 5.88. The Labute approximate surface area is 125 Å². The lowest BCUT2D eigenvalue weighted by Gasteiger charge is -2.32. The Kier molecular flexibility index (Phi) is 4.47. The number of sulfonamides is 1. The van der Waals surface area contributed by atoms with Gasteiger partial charge in [-0.05, 0) is 12.8 Å². The fraction of sp³-hybridized carbons (Fsp3) is 0.636. The summed E-state index contributed by atoms with van der Waals surface area (Å²) in [7, 11) is -2.48. The van der Waals surface area contributed by atoms with Crippen molar-refractivity contribution in [2.24, 2.45) is 7.05 Å². The molecule has 2 rings (SSSR count). The van der Waals surface area contributed by atoms with Crippen molar-refractivity contribution >= 4 is 15.9 Å². The molecule has 1 N–H and O–H groups in total. The zero-order valence-corrected chi connectivity index (χ0v) is 12.5. The minimum atomic E-state index is -4.51. The van der Waals surface area contributed by atoms with E-state index in [1.165, 1.54) is 17.9 Å². The van der Waals surface area contributed by atoms with Crippen molar-refractivity contribution in [3.8, 4) is 0 Å². The number of hydrogen-bond acceptors (Lipinski definition) is 4. The van der Waals surface area contributed by atoms with Gasteiger partial charge in [0.1, 0.15) is 17.5 Å². The summed E-state index contributed by atoms with van der Waals surface area (Å²) >= 11 is 0. The van der Waals surface area contributed by atoms with Crippen molar-refractivity contribution in [1.82, 2.24) is 19.4 Å². The molecule has 2 heterocycles. The quantitative estimate of drug-likeness (QED) is 0.852. The molecule has 7 nitrogen and oxygen atoms in total. The highest BCUT2D eigenvalue weighted by atomic mass is 32.2. The largest absolute Gasteiger partial charge is 0.406 e. The SMILES string of the molecule is Cn1cc(S(=O)(=O)NC2CCCN(CC(F)(F)F)C2=O)cn1. The molecule has 11 heteroatoms. The molecule has 1 fully saturated rings. The van der Waals surface area contributed by atoms with Gasteiger partial charge in [-0.2, -0.15) is 23.0 Å². The van der Waals surface area contributed by atoms with Gasteiger partial charge in [-0.15, -0.1) is 0 Å². The Morgan fingerprint density at radius 2 is 2.14 bits per heavy atom. The van der Waals surface area contributed by atoms with E-state index in [9.17, 15) is 26.4 Å². The Morgan fingerprint density at radius 1 is 1.45 bits per heavy atom. The van der Waals surface area contributed by atoms with Crippen LogP contribution in [0.15, 0.2) is 17.3 Å². The van der Waals surface area contributed by atoms with Gasteiger partial charge >= 0.3 is 6.18 Å². The summed E-state index contributed by atoms with van der Waals surface area (Å²) in [6.45, 7) is -1.42. The highest BCUT2D eigenvalue weighted by Crippen LogP contribution is 2.21. The van der Waals surface area contributed by atoms with Crippen molar-refractivity contribution in [3.05, 3.63) is 12.4 Å². The van der Waals surface area contributed by atoms with Gasteiger partial charge in [0.2, 0.25) is 15.9 Å². The number of carbonyl (C=O) groups is 1. The van der Waals surface area contributed by atoms with E-state index < -0.39 is 34.7 Å². The van der Waals surface area contributed by atoms with E-state index >= 15 is 0 Å². The van der Waals surface area contributed by atoms with Gasteiger partial charge in [-0.25, -0.2) is 8.42 Å². The highest BCUT2D eigenvalue weighted by Gasteiger charge is 2.38. The Hall–Kier alpha value is -1.62. The third-order valence-electron chi connectivity index (χ3n) is 3.19. The van der Waals surface area contributed by atoms with Crippen molar-refractivity contribution in [1.29, 1.82) is 0 Å². The smallest absolute Gasteiger partial charge is 0.332 e. The predicted molar refractivity (Wildman–Crippen MR) is 69.2 cm³/mol. The molecule has 1 amide bonds. The first kappa shape index (κ1) is 16.7. The summed E-state index contributed by atoms with van der Waals surface area (Å²) in [6, 6.07) is -1.19. The van der Waals surface area contributed by atoms with E-state index in [0.29, 0.717) is 11.3 Å². The fourth-order valence-electron chi connectivity index (χ4n) is 2.22. The van der Waals surface area contributed by atoms with Gasteiger partial charge in [0.05, 0.1) is 6.20 Å². The number of carbonyl (C=O) groups excluding carboxylic acids is 1. The summed E-state index contributed by atoms with van der Waals surface area (Å²) in [5, 5.41) is 3.71. The summed E-state index contributed by atoms with van der Waals surface area (Å²) in [5.41, 5.74) is 0. The fourth-order valence-corrected chi connectivity index (χ4v) is 3.42. The molecule has 0 spiro atoms. The number of nitrogens with zero attached hydrogens (tertiary/aromatic N) is 3. The van der Waals surface area contributed by atoms with E-state index in [0.717, 1.165) is 6.20 Å². The zero-order valence-electron chi connectivity index (χ0n) is 11.7. The summed E-state index contributed by atoms with van der Waals surface area (Å²) in [4.78, 5) is 12.5. The summed E-state index contributed by atoms with van der Waals surface area (Å²) in [5.74, 6) is -0.865. The van der Waals surface area contributed by atoms with Crippen LogP contribution in [0.5, 0.6) is 0 Å². The first-order valence-electron chi connectivity index (χ1n) is 6.45. The Morgan fingerprint density at radius 3 is 2.68 bits per heavy atom. The van der Waals surface area contributed by atoms with Crippen LogP contribution >= 0.6 is 0 Å². The van der Waals surface area contributed by atoms with Crippen LogP contribution in [-0.2, 0) is 21.9 Å². The molecule has 0 bridgehead atoms. The molecular formula is C11H15F3N4O3S. The lowest BCUT2D eigenvalue weighted by atomic mass is 10.1. The second-order valence-corrected chi connectivity index (χ2v) is 6.75. The van der Waals surface area contributed by atoms with Crippen molar-refractivity contribution in [2.45, 2.75) is 30.0 Å². The molecule has 0 radical (unpaired) electrons. The number of likely N-dealkylation sites (tertiary alicyclic amines) is 1. The van der Waals surface area contributed by atoms with Crippen LogP contribution < -0.4 is 4.72 Å². The van der Waals surface area contributed by atoms with Gasteiger partial charge < -0.3 is 4.90 Å². The Balaban J connectivity index is 2.10. The molecular weight excluding hydrogens is 325 g/mol. The molecule has 0 aromatic carbocycles. The predicted octanol–water partition coefficient (Wildman–Crippen LogP) is 0.252. The summed E-state index contributed by atoms with van der Waals surface area (Å²) < 4.78 is 64.8. The number of halogens is 3. The normalized spacial score (nSPS) is 20.5. The minimum absolute atomic E-state index is 0.0382. The van der Waals surface area contributed by atoms with Crippen molar-refractivity contribution in [2.75, 3.05) is 13.1 Å². The van der Waals surface area contributed by atoms with E-state index in [2.05, 4.69) is 9.82 Å². The molecule has 1 unspecified atom stereocenters. The van der Waals surface area contributed by atoms with Gasteiger partial charge in [0, 0.05) is 19.8 Å². The molecule has 124 valence electrons. The number of aryl methyl sites for hydroxylation is 1. The average Bonchev–Trinajstić information content (AvgIpc) is 2.80. The van der Waals surface area contributed by atoms with Crippen molar-refractivity contribution in [3.63, 3.8) is 0 Å². The number of piperidine rings is 1. The highest BCUT2D eigenvalue weighted by molar-refractivity contribution is 7.89. The maximum atomic E-state index is 12.4. The third-order valence-corrected chi connectivity index (χ3v) is 4.62. The van der Waals surface area contributed by atoms with Gasteiger partial charge in [0.25, 0.3) is 0 Å². The third kappa shape index (κ3) is 3.97. The first-order valence-corrected chi connectivity index (χ1v) is 7.93. The van der Waals surface area contributed by atoms with Crippen LogP contribution in [0.3, 0.4) is 0 Å². The van der Waals surface area contributed by atoms with Crippen molar-refractivity contribution < 1.29 is 26.4 Å². The minimum Gasteiger partial charge on any atom is -0.332 e. The molecule has 0 saturated carbocycles. The molecule has 1 aliphatic rings. The van der Waals surface area contributed by atoms with Crippen LogP contribution in [0.1, 0.15) is 12.8 Å². The monoisotopic (exact) mass is 340 g/mol. The van der Waals surface area contributed by atoms with E-state index in [4.69, 9.17) is 0 Å². The summed E-state index contributed by atoms with van der Waals surface area (Å²) in [6.07, 6.45) is -1.72. The van der Waals surface area contributed by atoms with Crippen LogP contribution in [0.2, 0.25) is 0 Å². The number of amides is 1. The standard InChI is InChI=1S/C11H15F3N4O3S/c1-17-6-8(5-15-17)22(20,21)16-9-3-2-4-18(10(9)19)7-11(12,13)14/h5-6,9,16H,2-4,7H2,1H3. The second-order valence-electron chi connectivity index (χ2n) is 5.04. The maximum absolute atomic E-state index is 12.4. The van der Waals surface area contributed by atoms with Crippen LogP contribution in [0.4, 0.5) is 13.2 Å². The number of aromatic nitrogens is 2. The van der Waals surface area contributed by atoms with Crippen LogP contribution in [0.25, 0.3) is 0 Å². The first-order chi connectivity index (χ1) is 10.1. The lowest BCUT2D eigenvalue weighted by Crippen LogP contribution is -2.54. The molecule has 1 atom stereocenters. The van der Waals surface area contributed by atoms with E-state index in [-0.39, 0.29) is 17.9 Å². The Bertz CT molecular complexity index is 656. The van der Waals surface area contributed by atoms with Crippen LogP contribution in [-0.4, -0.2) is 54.3 Å². The zero-order chi connectivity index (χ0) is 16.5. The number of alkyl halides is 3. The molecule has 1 saturated heterocycles. The number of nitrogens with one attached hydrogen (secondary N) is 1.